The third-order valence-electron chi connectivity index (χ3n) is 6.54. The molecule has 38 heavy (non-hydrogen) atoms. The molecule has 1 fully saturated rings. The van der Waals surface area contributed by atoms with E-state index in [1.54, 1.807) is 12.3 Å². The second-order valence-corrected chi connectivity index (χ2v) is 9.06. The monoisotopic (exact) mass is 506 g/mol. The molecular weight excluding hydrogens is 484 g/mol. The molecule has 2 aliphatic heterocycles. The number of carbonyl (C=O) groups excluding carboxylic acids is 1. The van der Waals surface area contributed by atoms with E-state index in [1.165, 1.54) is 18.0 Å². The van der Waals surface area contributed by atoms with Crippen LogP contribution in [-0.4, -0.2) is 50.0 Å². The fourth-order valence-electron chi connectivity index (χ4n) is 4.70. The van der Waals surface area contributed by atoms with Crippen molar-refractivity contribution in [3.05, 3.63) is 96.4 Å². The van der Waals surface area contributed by atoms with E-state index in [9.17, 15) is 4.79 Å². The van der Waals surface area contributed by atoms with Crippen LogP contribution < -0.4 is 5.32 Å². The number of carbonyl (C=O) groups is 1. The largest absolute Gasteiger partial charge is 0.475 e. The van der Waals surface area contributed by atoms with Gasteiger partial charge >= 0.3 is 0 Å². The molecule has 7 rings (SSSR count). The molecule has 0 amide bonds. The molecule has 1 unspecified atom stereocenters. The van der Waals surface area contributed by atoms with Gasteiger partial charge in [-0.05, 0) is 29.8 Å². The molecule has 5 heterocycles. The minimum absolute atomic E-state index is 0.213. The Morgan fingerprint density at radius 2 is 1.84 bits per heavy atom. The molecule has 2 aromatic carbocycles. The Morgan fingerprint density at radius 3 is 2.71 bits per heavy atom. The SMILES string of the molecule is O=C1C=C(C2OCCO2)OC1c1cc2c(Nc3ccc4c(cnn4Cc4ccccc4)c3)ncnc2cn1. The van der Waals surface area contributed by atoms with Crippen LogP contribution in [0, 0.1) is 0 Å². The molecule has 0 aliphatic carbocycles. The van der Waals surface area contributed by atoms with Crippen LogP contribution in [0.3, 0.4) is 0 Å². The minimum atomic E-state index is -0.873. The normalized spacial score (nSPS) is 17.7. The zero-order valence-corrected chi connectivity index (χ0v) is 20.2. The summed E-state index contributed by atoms with van der Waals surface area (Å²) in [6.07, 6.45) is 4.84. The van der Waals surface area contributed by atoms with Crippen molar-refractivity contribution >= 4 is 39.1 Å². The van der Waals surface area contributed by atoms with Gasteiger partial charge in [0.2, 0.25) is 18.2 Å². The first-order valence-corrected chi connectivity index (χ1v) is 12.2. The van der Waals surface area contributed by atoms with Crippen LogP contribution >= 0.6 is 0 Å². The molecule has 1 saturated heterocycles. The predicted molar refractivity (Wildman–Crippen MR) is 139 cm³/mol. The van der Waals surface area contributed by atoms with Crippen LogP contribution in [0.25, 0.3) is 21.8 Å². The van der Waals surface area contributed by atoms with Gasteiger partial charge in [-0.2, -0.15) is 5.10 Å². The van der Waals surface area contributed by atoms with Crippen molar-refractivity contribution in [2.24, 2.45) is 0 Å². The van der Waals surface area contributed by atoms with Crippen molar-refractivity contribution in [3.63, 3.8) is 0 Å². The third kappa shape index (κ3) is 4.15. The Kier molecular flexibility index (Phi) is 5.53. The molecule has 0 spiro atoms. The molecule has 10 heteroatoms. The van der Waals surface area contributed by atoms with Crippen molar-refractivity contribution in [3.8, 4) is 0 Å². The third-order valence-corrected chi connectivity index (χ3v) is 6.54. The lowest BCUT2D eigenvalue weighted by molar-refractivity contribution is -0.122. The van der Waals surface area contributed by atoms with Gasteiger partial charge in [-0.15, -0.1) is 0 Å². The molecule has 188 valence electrons. The Labute approximate surface area is 216 Å². The Balaban J connectivity index is 1.15. The maximum absolute atomic E-state index is 12.7. The van der Waals surface area contributed by atoms with Gasteiger partial charge in [-0.1, -0.05) is 30.3 Å². The number of anilines is 2. The lowest BCUT2D eigenvalue weighted by atomic mass is 10.1. The lowest BCUT2D eigenvalue weighted by Gasteiger charge is -2.15. The molecule has 10 nitrogen and oxygen atoms in total. The quantitative estimate of drug-likeness (QED) is 0.364. The van der Waals surface area contributed by atoms with Gasteiger partial charge < -0.3 is 19.5 Å². The van der Waals surface area contributed by atoms with Crippen molar-refractivity contribution in [1.82, 2.24) is 24.7 Å². The standard InChI is InChI=1S/C28H22N6O4/c35-24-12-25(28-36-8-9-37-28)38-26(24)21-11-20-22(14-29-21)30-16-31-27(20)33-19-6-7-23-18(10-19)13-32-34(23)15-17-4-2-1-3-5-17/h1-7,10-14,16,26,28H,8-9,15H2,(H,30,31,33). The second kappa shape index (κ2) is 9.33. The Hall–Kier alpha value is -4.67. The number of benzene rings is 2. The van der Waals surface area contributed by atoms with E-state index in [4.69, 9.17) is 14.2 Å². The number of aromatic nitrogens is 5. The highest BCUT2D eigenvalue weighted by Gasteiger charge is 2.36. The van der Waals surface area contributed by atoms with Crippen LogP contribution in [0.5, 0.6) is 0 Å². The predicted octanol–water partition coefficient (Wildman–Crippen LogP) is 4.06. The van der Waals surface area contributed by atoms with E-state index in [0.29, 0.717) is 42.5 Å². The topological polar surface area (TPSA) is 113 Å². The lowest BCUT2D eigenvalue weighted by Crippen LogP contribution is -2.14. The zero-order valence-electron chi connectivity index (χ0n) is 20.2. The first-order valence-electron chi connectivity index (χ1n) is 12.2. The molecule has 1 N–H and O–H groups in total. The summed E-state index contributed by atoms with van der Waals surface area (Å²) in [4.78, 5) is 25.9. The van der Waals surface area contributed by atoms with Gasteiger partial charge in [0.05, 0.1) is 48.9 Å². The number of fused-ring (bicyclic) bond motifs is 2. The fourth-order valence-corrected chi connectivity index (χ4v) is 4.70. The zero-order chi connectivity index (χ0) is 25.5. The number of nitrogens with zero attached hydrogens (tertiary/aromatic N) is 5. The van der Waals surface area contributed by atoms with Crippen LogP contribution in [0.2, 0.25) is 0 Å². The smallest absolute Gasteiger partial charge is 0.216 e. The number of hydrogen-bond acceptors (Lipinski definition) is 9. The maximum Gasteiger partial charge on any atom is 0.216 e. The Morgan fingerprint density at radius 1 is 0.974 bits per heavy atom. The highest BCUT2D eigenvalue weighted by molar-refractivity contribution is 5.98. The van der Waals surface area contributed by atoms with Crippen LogP contribution in [0.4, 0.5) is 11.5 Å². The summed E-state index contributed by atoms with van der Waals surface area (Å²) in [6.45, 7) is 1.62. The highest BCUT2D eigenvalue weighted by Crippen LogP contribution is 2.33. The summed E-state index contributed by atoms with van der Waals surface area (Å²) in [5, 5.41) is 9.68. The average Bonchev–Trinajstić information content (AvgIpc) is 3.70. The van der Waals surface area contributed by atoms with Crippen LogP contribution in [0.1, 0.15) is 17.4 Å². The molecule has 5 aromatic rings. The summed E-state index contributed by atoms with van der Waals surface area (Å²) >= 11 is 0. The number of pyridine rings is 1. The van der Waals surface area contributed by atoms with Gasteiger partial charge in [-0.25, -0.2) is 9.97 Å². The van der Waals surface area contributed by atoms with Gasteiger partial charge in [0, 0.05) is 22.5 Å². The first kappa shape index (κ1) is 22.5. The fraction of sp³-hybridized carbons (Fsp3) is 0.179. The average molecular weight is 507 g/mol. The maximum atomic E-state index is 12.7. The van der Waals surface area contributed by atoms with Crippen LogP contribution in [0.15, 0.2) is 85.2 Å². The van der Waals surface area contributed by atoms with Crippen molar-refractivity contribution in [2.45, 2.75) is 18.9 Å². The number of ketones is 1. The molecule has 0 bridgehead atoms. The molecule has 0 radical (unpaired) electrons. The van der Waals surface area contributed by atoms with E-state index < -0.39 is 12.4 Å². The van der Waals surface area contributed by atoms with Crippen LogP contribution in [-0.2, 0) is 25.5 Å². The highest BCUT2D eigenvalue weighted by atomic mass is 16.7. The first-order chi connectivity index (χ1) is 18.7. The van der Waals surface area contributed by atoms with Gasteiger partial charge in [0.15, 0.2) is 5.76 Å². The summed E-state index contributed by atoms with van der Waals surface area (Å²) in [5.41, 5.74) is 4.18. The van der Waals surface area contributed by atoms with E-state index in [2.05, 4.69) is 37.5 Å². The van der Waals surface area contributed by atoms with E-state index >= 15 is 0 Å². The minimum Gasteiger partial charge on any atom is -0.475 e. The van der Waals surface area contributed by atoms with Crippen molar-refractivity contribution in [2.75, 3.05) is 18.5 Å². The molecule has 0 saturated carbocycles. The van der Waals surface area contributed by atoms with Gasteiger partial charge in [0.25, 0.3) is 0 Å². The molecular formula is C28H22N6O4. The van der Waals surface area contributed by atoms with E-state index in [0.717, 1.165) is 22.0 Å². The summed E-state index contributed by atoms with van der Waals surface area (Å²) < 4.78 is 18.8. The van der Waals surface area contributed by atoms with Gasteiger partial charge in [0.1, 0.15) is 12.1 Å². The summed E-state index contributed by atoms with van der Waals surface area (Å²) in [6, 6.07) is 18.1. The molecule has 1 atom stereocenters. The molecule has 3 aromatic heterocycles. The van der Waals surface area contributed by atoms with Crippen molar-refractivity contribution in [1.29, 1.82) is 0 Å². The molecule has 2 aliphatic rings. The number of ether oxygens (including phenoxy) is 3. The van der Waals surface area contributed by atoms with E-state index in [1.807, 2.05) is 47.3 Å². The Bertz CT molecular complexity index is 1690. The second-order valence-electron chi connectivity index (χ2n) is 9.06. The van der Waals surface area contributed by atoms with Gasteiger partial charge in [-0.3, -0.25) is 14.5 Å². The van der Waals surface area contributed by atoms with Crippen molar-refractivity contribution < 1.29 is 19.0 Å². The summed E-state index contributed by atoms with van der Waals surface area (Å²) in [5.74, 6) is 0.745. The number of nitrogens with one attached hydrogen (secondary N) is 1. The summed E-state index contributed by atoms with van der Waals surface area (Å²) in [7, 11) is 0. The van der Waals surface area contributed by atoms with E-state index in [-0.39, 0.29) is 5.78 Å². The number of hydrogen-bond donors (Lipinski definition) is 1. The number of rotatable bonds is 6.